The SMILES string of the molecule is Cc1nc(C(F)F)n(-c2cc(N3CCOCC3)nc(NCC34CCC(N5CCOCC5)(CC3)CC4)n2)c1/C=C\C(C)C. The van der Waals surface area contributed by atoms with Crippen molar-refractivity contribution >= 4 is 17.8 Å². The Labute approximate surface area is 247 Å². The molecular weight excluding hydrogens is 540 g/mol. The largest absolute Gasteiger partial charge is 0.379 e. The number of rotatable bonds is 9. The molecule has 2 aliphatic heterocycles. The van der Waals surface area contributed by atoms with Crippen LogP contribution in [0, 0.1) is 18.3 Å². The molecule has 42 heavy (non-hydrogen) atoms. The summed E-state index contributed by atoms with van der Waals surface area (Å²) in [6.07, 6.45) is 8.31. The normalized spacial score (nSPS) is 27.1. The molecule has 0 amide bonds. The van der Waals surface area contributed by atoms with Crippen molar-refractivity contribution < 1.29 is 18.3 Å². The molecule has 2 bridgehead atoms. The Balaban J connectivity index is 1.29. The number of hydrogen-bond acceptors (Lipinski definition) is 8. The zero-order valence-electron chi connectivity index (χ0n) is 25.2. The molecule has 0 spiro atoms. The van der Waals surface area contributed by atoms with Gasteiger partial charge in [-0.1, -0.05) is 19.9 Å². The molecule has 3 aliphatic carbocycles. The molecule has 2 aromatic rings. The van der Waals surface area contributed by atoms with Crippen molar-refractivity contribution in [3.8, 4) is 5.82 Å². The van der Waals surface area contributed by atoms with Crippen LogP contribution >= 0.6 is 0 Å². The molecule has 230 valence electrons. The van der Waals surface area contributed by atoms with Gasteiger partial charge in [-0.3, -0.25) is 9.47 Å². The van der Waals surface area contributed by atoms with E-state index >= 15 is 0 Å². The number of alkyl halides is 2. The Bertz CT molecular complexity index is 1240. The van der Waals surface area contributed by atoms with Crippen LogP contribution in [0.2, 0.25) is 0 Å². The van der Waals surface area contributed by atoms with Gasteiger partial charge in [0.05, 0.1) is 37.8 Å². The zero-order valence-corrected chi connectivity index (χ0v) is 25.2. The van der Waals surface area contributed by atoms with Crippen molar-refractivity contribution in [2.24, 2.45) is 11.3 Å². The molecule has 5 aliphatic rings. The Morgan fingerprint density at radius 2 is 1.52 bits per heavy atom. The van der Waals surface area contributed by atoms with Gasteiger partial charge in [-0.05, 0) is 62.9 Å². The van der Waals surface area contributed by atoms with Gasteiger partial charge in [0.25, 0.3) is 6.43 Å². The standard InChI is InChI=1S/C31H45F2N7O2/c1-22(2)4-5-24-23(3)35-28(27(32)33)40(24)26-20-25(38-12-16-41-17-13-38)36-29(37-26)34-21-30-6-9-31(10-7-30,11-8-30)39-14-18-42-19-15-39/h4-5,20,22,27H,6-19,21H2,1-3H3,(H,34,36,37)/b5-4-. The fourth-order valence-corrected chi connectivity index (χ4v) is 7.29. The van der Waals surface area contributed by atoms with Crippen molar-refractivity contribution in [2.45, 2.75) is 71.3 Å². The third kappa shape index (κ3) is 5.92. The predicted molar refractivity (Wildman–Crippen MR) is 159 cm³/mol. The summed E-state index contributed by atoms with van der Waals surface area (Å²) in [5.74, 6) is 1.56. The van der Waals surface area contributed by atoms with Crippen molar-refractivity contribution in [2.75, 3.05) is 69.4 Å². The van der Waals surface area contributed by atoms with Crippen LogP contribution in [-0.4, -0.2) is 89.1 Å². The van der Waals surface area contributed by atoms with Crippen LogP contribution in [0.15, 0.2) is 12.1 Å². The smallest absolute Gasteiger partial charge is 0.296 e. The summed E-state index contributed by atoms with van der Waals surface area (Å²) in [4.78, 5) is 18.8. The van der Waals surface area contributed by atoms with E-state index in [1.165, 1.54) is 43.1 Å². The lowest BCUT2D eigenvalue weighted by Gasteiger charge is -2.58. The Hall–Kier alpha value is -2.63. The van der Waals surface area contributed by atoms with Crippen LogP contribution in [0.3, 0.4) is 0 Å². The molecule has 0 radical (unpaired) electrons. The minimum atomic E-state index is -2.74. The van der Waals surface area contributed by atoms with Crippen molar-refractivity contribution in [1.82, 2.24) is 24.4 Å². The van der Waals surface area contributed by atoms with Gasteiger partial charge in [0.2, 0.25) is 5.95 Å². The summed E-state index contributed by atoms with van der Waals surface area (Å²) >= 11 is 0. The highest BCUT2D eigenvalue weighted by atomic mass is 19.3. The van der Waals surface area contributed by atoms with Crippen molar-refractivity contribution in [3.05, 3.63) is 29.4 Å². The number of allylic oxidation sites excluding steroid dienone is 1. The Morgan fingerprint density at radius 3 is 2.14 bits per heavy atom. The molecule has 0 aromatic carbocycles. The van der Waals surface area contributed by atoms with E-state index in [0.29, 0.717) is 60.8 Å². The first kappa shape index (κ1) is 29.4. The summed E-state index contributed by atoms with van der Waals surface area (Å²) in [6.45, 7) is 13.0. The van der Waals surface area contributed by atoms with Gasteiger partial charge in [0.1, 0.15) is 11.6 Å². The quantitative estimate of drug-likeness (QED) is 0.428. The number of morpholine rings is 2. The summed E-state index contributed by atoms with van der Waals surface area (Å²) in [5.41, 5.74) is 1.71. The van der Waals surface area contributed by atoms with E-state index in [-0.39, 0.29) is 17.2 Å². The number of ether oxygens (including phenoxy) is 2. The monoisotopic (exact) mass is 585 g/mol. The van der Waals surface area contributed by atoms with Crippen LogP contribution in [0.1, 0.15) is 76.0 Å². The Morgan fingerprint density at radius 1 is 0.905 bits per heavy atom. The van der Waals surface area contributed by atoms with Gasteiger partial charge in [-0.2, -0.15) is 9.97 Å². The molecule has 1 N–H and O–H groups in total. The minimum absolute atomic E-state index is 0.206. The van der Waals surface area contributed by atoms with E-state index in [1.807, 2.05) is 18.2 Å². The van der Waals surface area contributed by atoms with E-state index in [0.717, 1.165) is 32.8 Å². The average Bonchev–Trinajstić information content (AvgIpc) is 3.37. The molecule has 2 aromatic heterocycles. The van der Waals surface area contributed by atoms with Crippen LogP contribution in [0.4, 0.5) is 20.5 Å². The molecule has 4 heterocycles. The number of nitrogens with one attached hydrogen (secondary N) is 1. The molecule has 2 saturated heterocycles. The summed E-state index contributed by atoms with van der Waals surface area (Å²) in [5, 5.41) is 3.58. The van der Waals surface area contributed by atoms with Crippen molar-refractivity contribution in [3.63, 3.8) is 0 Å². The van der Waals surface area contributed by atoms with Gasteiger partial charge in [-0.25, -0.2) is 13.8 Å². The van der Waals surface area contributed by atoms with E-state index in [1.54, 1.807) is 6.92 Å². The number of fused-ring (bicyclic) bond motifs is 3. The molecule has 0 atom stereocenters. The highest BCUT2D eigenvalue weighted by molar-refractivity contribution is 5.56. The maximum absolute atomic E-state index is 14.3. The molecule has 3 saturated carbocycles. The molecule has 9 nitrogen and oxygen atoms in total. The number of aryl methyl sites for hydroxylation is 1. The number of halogens is 2. The zero-order chi connectivity index (χ0) is 29.3. The maximum Gasteiger partial charge on any atom is 0.296 e. The fraction of sp³-hybridized carbons (Fsp3) is 0.710. The lowest BCUT2D eigenvalue weighted by atomic mass is 9.56. The van der Waals surface area contributed by atoms with Crippen LogP contribution in [-0.2, 0) is 9.47 Å². The molecular formula is C31H45F2N7O2. The average molecular weight is 586 g/mol. The first-order valence-electron chi connectivity index (χ1n) is 15.6. The number of imidazole rings is 1. The van der Waals surface area contributed by atoms with Gasteiger partial charge >= 0.3 is 0 Å². The molecule has 11 heteroatoms. The highest BCUT2D eigenvalue weighted by Gasteiger charge is 2.51. The first-order chi connectivity index (χ1) is 20.3. The number of aromatic nitrogens is 4. The lowest BCUT2D eigenvalue weighted by Crippen LogP contribution is -2.60. The fourth-order valence-electron chi connectivity index (χ4n) is 7.29. The van der Waals surface area contributed by atoms with E-state index in [2.05, 4.69) is 33.9 Å². The maximum atomic E-state index is 14.3. The number of anilines is 2. The third-order valence-corrected chi connectivity index (χ3v) is 9.89. The number of hydrogen-bond donors (Lipinski definition) is 1. The van der Waals surface area contributed by atoms with Gasteiger partial charge in [-0.15, -0.1) is 0 Å². The summed E-state index contributed by atoms with van der Waals surface area (Å²) in [7, 11) is 0. The summed E-state index contributed by atoms with van der Waals surface area (Å²) in [6, 6.07) is 1.81. The predicted octanol–water partition coefficient (Wildman–Crippen LogP) is 5.25. The van der Waals surface area contributed by atoms with Gasteiger partial charge < -0.3 is 19.7 Å². The van der Waals surface area contributed by atoms with Gasteiger partial charge in [0.15, 0.2) is 5.82 Å². The third-order valence-electron chi connectivity index (χ3n) is 9.89. The van der Waals surface area contributed by atoms with E-state index in [4.69, 9.17) is 19.4 Å². The van der Waals surface area contributed by atoms with Crippen LogP contribution in [0.5, 0.6) is 0 Å². The number of nitrogens with zero attached hydrogens (tertiary/aromatic N) is 6. The second-order valence-corrected chi connectivity index (χ2v) is 12.9. The topological polar surface area (TPSA) is 80.6 Å². The van der Waals surface area contributed by atoms with E-state index < -0.39 is 6.43 Å². The van der Waals surface area contributed by atoms with Crippen molar-refractivity contribution in [1.29, 1.82) is 0 Å². The second-order valence-electron chi connectivity index (χ2n) is 12.9. The highest BCUT2D eigenvalue weighted by Crippen LogP contribution is 2.54. The molecule has 0 unspecified atom stereocenters. The van der Waals surface area contributed by atoms with Crippen LogP contribution in [0.25, 0.3) is 11.9 Å². The second kappa shape index (κ2) is 12.2. The van der Waals surface area contributed by atoms with Crippen LogP contribution < -0.4 is 10.2 Å². The van der Waals surface area contributed by atoms with Gasteiger partial charge in [0, 0.05) is 44.3 Å². The first-order valence-corrected chi connectivity index (χ1v) is 15.6. The summed E-state index contributed by atoms with van der Waals surface area (Å²) < 4.78 is 41.3. The lowest BCUT2D eigenvalue weighted by molar-refractivity contribution is -0.0879. The molecule has 5 fully saturated rings. The molecule has 7 rings (SSSR count). The Kier molecular flexibility index (Phi) is 8.53. The van der Waals surface area contributed by atoms with E-state index in [9.17, 15) is 8.78 Å². The minimum Gasteiger partial charge on any atom is -0.379 e.